The van der Waals surface area contributed by atoms with Gasteiger partial charge in [-0.1, -0.05) is 17.7 Å². The number of aromatic nitrogens is 1. The number of carbonyl (C=O) groups is 1. The highest BCUT2D eigenvalue weighted by atomic mass is 35.5. The van der Waals surface area contributed by atoms with Gasteiger partial charge in [-0.15, -0.1) is 0 Å². The molecule has 0 aliphatic heterocycles. The molecule has 7 heteroatoms. The van der Waals surface area contributed by atoms with Crippen molar-refractivity contribution in [1.29, 1.82) is 0 Å². The molecule has 0 aliphatic rings. The minimum absolute atomic E-state index is 0.00696. The van der Waals surface area contributed by atoms with Crippen molar-refractivity contribution in [3.8, 4) is 0 Å². The van der Waals surface area contributed by atoms with Crippen LogP contribution in [-0.4, -0.2) is 24.2 Å². The molecule has 1 atom stereocenters. The molecule has 0 spiro atoms. The van der Waals surface area contributed by atoms with Crippen molar-refractivity contribution in [2.24, 2.45) is 0 Å². The van der Waals surface area contributed by atoms with Gasteiger partial charge in [0.25, 0.3) is 6.47 Å². The SMILES string of the molecule is O=COCC(c1cnc2cc(Cl)ccc2c1)C(F)(F)F. The molecule has 0 aliphatic carbocycles. The van der Waals surface area contributed by atoms with E-state index in [0.29, 0.717) is 15.9 Å². The van der Waals surface area contributed by atoms with Crippen molar-refractivity contribution < 1.29 is 22.7 Å². The van der Waals surface area contributed by atoms with E-state index in [9.17, 15) is 18.0 Å². The molecule has 0 bridgehead atoms. The van der Waals surface area contributed by atoms with E-state index in [1.165, 1.54) is 6.07 Å². The molecule has 2 rings (SSSR count). The summed E-state index contributed by atoms with van der Waals surface area (Å²) >= 11 is 5.78. The van der Waals surface area contributed by atoms with Crippen LogP contribution in [0.1, 0.15) is 11.5 Å². The van der Waals surface area contributed by atoms with Gasteiger partial charge in [0.1, 0.15) is 12.5 Å². The van der Waals surface area contributed by atoms with Crippen molar-refractivity contribution in [2.45, 2.75) is 12.1 Å². The van der Waals surface area contributed by atoms with Gasteiger partial charge in [0.2, 0.25) is 0 Å². The van der Waals surface area contributed by atoms with Gasteiger partial charge in [-0.3, -0.25) is 9.78 Å². The molecule has 1 aromatic heterocycles. The lowest BCUT2D eigenvalue weighted by Crippen LogP contribution is -2.25. The van der Waals surface area contributed by atoms with Crippen LogP contribution >= 0.6 is 11.6 Å². The zero-order valence-electron chi connectivity index (χ0n) is 10.0. The van der Waals surface area contributed by atoms with Gasteiger partial charge >= 0.3 is 6.18 Å². The third kappa shape index (κ3) is 3.19. The first-order valence-electron chi connectivity index (χ1n) is 5.59. The Balaban J connectivity index is 2.42. The second-order valence-electron chi connectivity index (χ2n) is 4.13. The Morgan fingerprint density at radius 1 is 1.35 bits per heavy atom. The number of halogens is 4. The maximum atomic E-state index is 12.9. The number of pyridine rings is 1. The van der Waals surface area contributed by atoms with E-state index in [-0.39, 0.29) is 12.0 Å². The maximum absolute atomic E-state index is 12.9. The fourth-order valence-corrected chi connectivity index (χ4v) is 1.98. The molecule has 0 saturated carbocycles. The molecule has 2 aromatic rings. The molecule has 3 nitrogen and oxygen atoms in total. The van der Waals surface area contributed by atoms with Gasteiger partial charge in [0, 0.05) is 16.6 Å². The van der Waals surface area contributed by atoms with Gasteiger partial charge in [0.05, 0.1) is 5.52 Å². The van der Waals surface area contributed by atoms with E-state index in [1.807, 2.05) is 0 Å². The van der Waals surface area contributed by atoms with E-state index >= 15 is 0 Å². The van der Waals surface area contributed by atoms with E-state index in [2.05, 4.69) is 9.72 Å². The first kappa shape index (κ1) is 14.6. The van der Waals surface area contributed by atoms with Crippen LogP contribution < -0.4 is 0 Å². The Morgan fingerprint density at radius 3 is 2.75 bits per heavy atom. The molecule has 1 heterocycles. The van der Waals surface area contributed by atoms with Crippen LogP contribution in [0, 0.1) is 0 Å². The lowest BCUT2D eigenvalue weighted by atomic mass is 9.99. The van der Waals surface area contributed by atoms with Crippen LogP contribution in [0.15, 0.2) is 30.5 Å². The standard InChI is InChI=1S/C13H9ClF3NO2/c14-10-2-1-8-3-9(5-18-12(8)4-10)11(6-20-7-19)13(15,16)17/h1-5,7,11H,6H2. The third-order valence-electron chi connectivity index (χ3n) is 2.80. The minimum Gasteiger partial charge on any atom is -0.467 e. The third-order valence-corrected chi connectivity index (χ3v) is 3.03. The topological polar surface area (TPSA) is 39.2 Å². The highest BCUT2D eigenvalue weighted by Gasteiger charge is 2.41. The summed E-state index contributed by atoms with van der Waals surface area (Å²) in [6.45, 7) is -0.777. The van der Waals surface area contributed by atoms with Gasteiger partial charge in [-0.25, -0.2) is 0 Å². The molecule has 0 N–H and O–H groups in total. The van der Waals surface area contributed by atoms with Gasteiger partial charge in [-0.05, 0) is 23.8 Å². The summed E-state index contributed by atoms with van der Waals surface area (Å²) < 4.78 is 43.1. The zero-order chi connectivity index (χ0) is 14.8. The molecular formula is C13H9ClF3NO2. The predicted octanol–water partition coefficient (Wildman–Crippen LogP) is 3.71. The molecule has 20 heavy (non-hydrogen) atoms. The quantitative estimate of drug-likeness (QED) is 0.808. The van der Waals surface area contributed by atoms with Crippen LogP contribution in [0.4, 0.5) is 13.2 Å². The highest BCUT2D eigenvalue weighted by molar-refractivity contribution is 6.31. The van der Waals surface area contributed by atoms with Crippen LogP contribution in [0.2, 0.25) is 5.02 Å². The Bertz CT molecular complexity index is 631. The van der Waals surface area contributed by atoms with E-state index in [1.54, 1.807) is 18.2 Å². The summed E-state index contributed by atoms with van der Waals surface area (Å²) in [6.07, 6.45) is -3.41. The van der Waals surface area contributed by atoms with Crippen molar-refractivity contribution in [1.82, 2.24) is 4.98 Å². The Hall–Kier alpha value is -1.82. The van der Waals surface area contributed by atoms with E-state index in [4.69, 9.17) is 11.6 Å². The van der Waals surface area contributed by atoms with Gasteiger partial charge in [-0.2, -0.15) is 13.2 Å². The molecule has 0 amide bonds. The first-order chi connectivity index (χ1) is 9.41. The van der Waals surface area contributed by atoms with Crippen LogP contribution in [-0.2, 0) is 9.53 Å². The summed E-state index contributed by atoms with van der Waals surface area (Å²) in [7, 11) is 0. The number of alkyl halides is 3. The lowest BCUT2D eigenvalue weighted by Gasteiger charge is -2.19. The average molecular weight is 304 g/mol. The number of hydrogen-bond donors (Lipinski definition) is 0. The number of carbonyl (C=O) groups excluding carboxylic acids is 1. The number of benzene rings is 1. The second-order valence-corrected chi connectivity index (χ2v) is 4.57. The van der Waals surface area contributed by atoms with Crippen molar-refractivity contribution in [3.63, 3.8) is 0 Å². The number of nitrogens with zero attached hydrogens (tertiary/aromatic N) is 1. The lowest BCUT2D eigenvalue weighted by molar-refractivity contribution is -0.164. The summed E-state index contributed by atoms with van der Waals surface area (Å²) in [4.78, 5) is 14.1. The summed E-state index contributed by atoms with van der Waals surface area (Å²) in [5, 5.41) is 0.988. The van der Waals surface area contributed by atoms with Gasteiger partial charge in [0.15, 0.2) is 0 Å². The maximum Gasteiger partial charge on any atom is 0.399 e. The fraction of sp³-hybridized carbons (Fsp3) is 0.231. The minimum atomic E-state index is -4.52. The smallest absolute Gasteiger partial charge is 0.399 e. The fourth-order valence-electron chi connectivity index (χ4n) is 1.82. The molecule has 1 unspecified atom stereocenters. The number of rotatable bonds is 4. The van der Waals surface area contributed by atoms with E-state index in [0.717, 1.165) is 6.20 Å². The normalized spacial score (nSPS) is 13.2. The second kappa shape index (κ2) is 5.66. The predicted molar refractivity (Wildman–Crippen MR) is 67.6 cm³/mol. The molecular weight excluding hydrogens is 295 g/mol. The first-order valence-corrected chi connectivity index (χ1v) is 5.97. The van der Waals surface area contributed by atoms with Crippen molar-refractivity contribution in [3.05, 3.63) is 41.0 Å². The summed E-state index contributed by atoms with van der Waals surface area (Å²) in [5.74, 6) is -1.90. The molecule has 106 valence electrons. The molecule has 0 radical (unpaired) electrons. The van der Waals surface area contributed by atoms with E-state index < -0.39 is 18.7 Å². The van der Waals surface area contributed by atoms with Crippen LogP contribution in [0.25, 0.3) is 10.9 Å². The van der Waals surface area contributed by atoms with Crippen molar-refractivity contribution in [2.75, 3.05) is 6.61 Å². The Morgan fingerprint density at radius 2 is 2.10 bits per heavy atom. The summed E-state index contributed by atoms with van der Waals surface area (Å²) in [5.41, 5.74) is 0.438. The van der Waals surface area contributed by atoms with Crippen LogP contribution in [0.3, 0.4) is 0 Å². The zero-order valence-corrected chi connectivity index (χ0v) is 10.8. The molecule has 0 saturated heterocycles. The Labute approximate surface area is 117 Å². The van der Waals surface area contributed by atoms with Crippen molar-refractivity contribution >= 4 is 29.0 Å². The molecule has 0 fully saturated rings. The Kier molecular flexibility index (Phi) is 4.13. The number of fused-ring (bicyclic) bond motifs is 1. The largest absolute Gasteiger partial charge is 0.467 e. The van der Waals surface area contributed by atoms with Gasteiger partial charge < -0.3 is 4.74 Å². The van der Waals surface area contributed by atoms with Crippen LogP contribution in [0.5, 0.6) is 0 Å². The highest BCUT2D eigenvalue weighted by Crippen LogP contribution is 2.35. The monoisotopic (exact) mass is 303 g/mol. The molecule has 1 aromatic carbocycles. The average Bonchev–Trinajstić information content (AvgIpc) is 2.37. The number of ether oxygens (including phenoxy) is 1. The number of hydrogen-bond acceptors (Lipinski definition) is 3. The summed E-state index contributed by atoms with van der Waals surface area (Å²) in [6, 6.07) is 6.08.